The van der Waals surface area contributed by atoms with Gasteiger partial charge in [0.1, 0.15) is 17.3 Å². The van der Waals surface area contributed by atoms with E-state index < -0.39 is 11.9 Å². The van der Waals surface area contributed by atoms with Crippen molar-refractivity contribution in [2.24, 2.45) is 0 Å². The Balaban J connectivity index is 1.39. The van der Waals surface area contributed by atoms with Gasteiger partial charge in [-0.1, -0.05) is 12.8 Å². The summed E-state index contributed by atoms with van der Waals surface area (Å²) in [6.45, 7) is 1.83. The Hall–Kier alpha value is -3.03. The average Bonchev–Trinajstić information content (AvgIpc) is 3.37. The zero-order valence-electron chi connectivity index (χ0n) is 15.9. The summed E-state index contributed by atoms with van der Waals surface area (Å²) >= 11 is 0. The number of carbonyl (C=O) groups excluding carboxylic acids is 2. The van der Waals surface area contributed by atoms with Crippen LogP contribution in [0.25, 0.3) is 0 Å². The van der Waals surface area contributed by atoms with Crippen molar-refractivity contribution in [1.29, 1.82) is 0 Å². The molecule has 1 N–H and O–H groups in total. The summed E-state index contributed by atoms with van der Waals surface area (Å²) in [4.78, 5) is 23.9. The molecule has 1 aromatic heterocycles. The van der Waals surface area contributed by atoms with Crippen molar-refractivity contribution in [3.8, 4) is 11.5 Å². The monoisotopic (exact) mass is 387 g/mol. The lowest BCUT2D eigenvalue weighted by Crippen LogP contribution is -2.25. The Morgan fingerprint density at radius 2 is 1.75 bits per heavy atom. The van der Waals surface area contributed by atoms with E-state index >= 15 is 0 Å². The summed E-state index contributed by atoms with van der Waals surface area (Å²) in [6, 6.07) is 8.98. The molecule has 8 nitrogen and oxygen atoms in total. The molecule has 1 saturated carbocycles. The van der Waals surface area contributed by atoms with Crippen molar-refractivity contribution in [2.45, 2.75) is 38.6 Å². The van der Waals surface area contributed by atoms with Crippen LogP contribution in [-0.2, 0) is 14.3 Å². The van der Waals surface area contributed by atoms with Gasteiger partial charge in [0.2, 0.25) is 0 Å². The summed E-state index contributed by atoms with van der Waals surface area (Å²) in [7, 11) is 0. The van der Waals surface area contributed by atoms with Crippen molar-refractivity contribution in [3.05, 3.63) is 36.5 Å². The van der Waals surface area contributed by atoms with Gasteiger partial charge in [-0.2, -0.15) is 5.10 Å². The molecule has 150 valence electrons. The minimum absolute atomic E-state index is 0.277. The number of hydrogen-bond donors (Lipinski definition) is 1. The molecule has 0 aliphatic heterocycles. The fourth-order valence-corrected chi connectivity index (χ4v) is 3.16. The van der Waals surface area contributed by atoms with E-state index in [9.17, 15) is 9.59 Å². The number of esters is 1. The maximum absolute atomic E-state index is 12.1. The number of benzene rings is 1. The van der Waals surface area contributed by atoms with Crippen LogP contribution >= 0.6 is 0 Å². The summed E-state index contributed by atoms with van der Waals surface area (Å²) in [5.74, 6) is 0.845. The van der Waals surface area contributed by atoms with Gasteiger partial charge in [-0.25, -0.2) is 9.48 Å². The molecule has 1 aliphatic carbocycles. The quantitative estimate of drug-likeness (QED) is 0.665. The van der Waals surface area contributed by atoms with Crippen LogP contribution in [-0.4, -0.2) is 41.5 Å². The van der Waals surface area contributed by atoms with Crippen molar-refractivity contribution in [2.75, 3.05) is 25.1 Å². The highest BCUT2D eigenvalue weighted by atomic mass is 16.6. The third-order valence-corrected chi connectivity index (χ3v) is 4.46. The van der Waals surface area contributed by atoms with E-state index in [1.54, 1.807) is 36.5 Å². The fraction of sp³-hybridized carbons (Fsp3) is 0.450. The molecule has 0 unspecified atom stereocenters. The zero-order chi connectivity index (χ0) is 19.8. The molecular weight excluding hydrogens is 362 g/mol. The molecule has 8 heteroatoms. The second-order valence-electron chi connectivity index (χ2n) is 6.50. The van der Waals surface area contributed by atoms with Crippen LogP contribution in [0.15, 0.2) is 36.5 Å². The molecule has 0 radical (unpaired) electrons. The first-order valence-electron chi connectivity index (χ1n) is 9.50. The number of amides is 1. The average molecular weight is 387 g/mol. The molecular formula is C20H25N3O5. The molecule has 0 atom stereocenters. The van der Waals surface area contributed by atoms with Crippen LogP contribution < -0.4 is 14.8 Å². The second-order valence-corrected chi connectivity index (χ2v) is 6.50. The largest absolute Gasteiger partial charge is 0.494 e. The van der Waals surface area contributed by atoms with Crippen LogP contribution in [0.4, 0.5) is 5.82 Å². The molecule has 1 aliphatic rings. The first-order chi connectivity index (χ1) is 13.7. The molecule has 0 saturated heterocycles. The molecule has 1 heterocycles. The molecule has 28 heavy (non-hydrogen) atoms. The van der Waals surface area contributed by atoms with E-state index in [1.807, 2.05) is 11.6 Å². The maximum Gasteiger partial charge on any atom is 0.344 e. The topological polar surface area (TPSA) is 91.7 Å². The van der Waals surface area contributed by atoms with Gasteiger partial charge in [0.15, 0.2) is 13.2 Å². The number of aromatic nitrogens is 2. The van der Waals surface area contributed by atoms with Crippen molar-refractivity contribution < 1.29 is 23.8 Å². The first kappa shape index (κ1) is 19.7. The van der Waals surface area contributed by atoms with Crippen molar-refractivity contribution >= 4 is 17.7 Å². The van der Waals surface area contributed by atoms with Gasteiger partial charge in [-0.3, -0.25) is 4.79 Å². The van der Waals surface area contributed by atoms with Gasteiger partial charge in [0.25, 0.3) is 5.91 Å². The predicted octanol–water partition coefficient (Wildman–Crippen LogP) is 2.96. The third-order valence-electron chi connectivity index (χ3n) is 4.46. The smallest absolute Gasteiger partial charge is 0.344 e. The molecule has 0 bridgehead atoms. The summed E-state index contributed by atoms with van der Waals surface area (Å²) in [5, 5.41) is 7.04. The molecule has 0 spiro atoms. The number of carbonyl (C=O) groups is 2. The first-order valence-corrected chi connectivity index (χ1v) is 9.50. The third kappa shape index (κ3) is 5.48. The number of ether oxygens (including phenoxy) is 3. The molecule has 1 fully saturated rings. The number of rotatable bonds is 9. The second kappa shape index (κ2) is 9.77. The molecule has 3 rings (SSSR count). The van der Waals surface area contributed by atoms with Gasteiger partial charge in [-0.05, 0) is 44.0 Å². The van der Waals surface area contributed by atoms with Crippen LogP contribution in [0.3, 0.4) is 0 Å². The highest BCUT2D eigenvalue weighted by molar-refractivity contribution is 5.92. The SMILES string of the molecule is CCOc1ccc(OCC(=O)OCC(=O)Nc2ccnn2C2CCCC2)cc1. The minimum atomic E-state index is -0.617. The zero-order valence-corrected chi connectivity index (χ0v) is 15.9. The van der Waals surface area contributed by atoms with E-state index in [0.717, 1.165) is 18.6 Å². The number of nitrogens with one attached hydrogen (secondary N) is 1. The maximum atomic E-state index is 12.1. The Morgan fingerprint density at radius 1 is 1.07 bits per heavy atom. The lowest BCUT2D eigenvalue weighted by Gasteiger charge is -2.14. The van der Waals surface area contributed by atoms with Crippen molar-refractivity contribution in [3.63, 3.8) is 0 Å². The Labute approximate surface area is 163 Å². The van der Waals surface area contributed by atoms with E-state index in [1.165, 1.54) is 12.8 Å². The van der Waals surface area contributed by atoms with Gasteiger partial charge in [0.05, 0.1) is 18.8 Å². The lowest BCUT2D eigenvalue weighted by atomic mass is 10.2. The summed E-state index contributed by atoms with van der Waals surface area (Å²) in [6.07, 6.45) is 6.11. The van der Waals surface area contributed by atoms with Crippen LogP contribution in [0.2, 0.25) is 0 Å². The lowest BCUT2D eigenvalue weighted by molar-refractivity contribution is -0.149. The van der Waals surface area contributed by atoms with Crippen LogP contribution in [0.1, 0.15) is 38.6 Å². The molecule has 2 aromatic rings. The van der Waals surface area contributed by atoms with Gasteiger partial charge >= 0.3 is 5.97 Å². The van der Waals surface area contributed by atoms with Crippen LogP contribution in [0, 0.1) is 0 Å². The van der Waals surface area contributed by atoms with E-state index in [0.29, 0.717) is 24.2 Å². The molecule has 1 aromatic carbocycles. The van der Waals surface area contributed by atoms with Gasteiger partial charge < -0.3 is 19.5 Å². The number of nitrogens with zero attached hydrogens (tertiary/aromatic N) is 2. The Bertz CT molecular complexity index is 781. The highest BCUT2D eigenvalue weighted by Crippen LogP contribution is 2.31. The van der Waals surface area contributed by atoms with E-state index in [-0.39, 0.29) is 13.2 Å². The minimum Gasteiger partial charge on any atom is -0.494 e. The van der Waals surface area contributed by atoms with Gasteiger partial charge in [-0.15, -0.1) is 0 Å². The predicted molar refractivity (Wildman–Crippen MR) is 102 cm³/mol. The Kier molecular flexibility index (Phi) is 6.89. The van der Waals surface area contributed by atoms with Crippen molar-refractivity contribution in [1.82, 2.24) is 9.78 Å². The number of hydrogen-bond acceptors (Lipinski definition) is 6. The molecule has 1 amide bonds. The number of anilines is 1. The summed E-state index contributed by atoms with van der Waals surface area (Å²) < 4.78 is 17.5. The fourth-order valence-electron chi connectivity index (χ4n) is 3.16. The summed E-state index contributed by atoms with van der Waals surface area (Å²) in [5.41, 5.74) is 0. The van der Waals surface area contributed by atoms with Gasteiger partial charge in [0, 0.05) is 6.07 Å². The van der Waals surface area contributed by atoms with Crippen LogP contribution in [0.5, 0.6) is 11.5 Å². The Morgan fingerprint density at radius 3 is 2.43 bits per heavy atom. The van der Waals surface area contributed by atoms with E-state index in [2.05, 4.69) is 10.4 Å². The standard InChI is InChI=1S/C20H25N3O5/c1-2-26-16-7-9-17(10-8-16)27-14-20(25)28-13-19(24)22-18-11-12-21-23(18)15-5-3-4-6-15/h7-12,15H,2-6,13-14H2,1H3,(H,22,24). The van der Waals surface area contributed by atoms with E-state index in [4.69, 9.17) is 14.2 Å². The highest BCUT2D eigenvalue weighted by Gasteiger charge is 2.20. The normalized spacial score (nSPS) is 13.9.